The molecule has 0 saturated carbocycles. The summed E-state index contributed by atoms with van der Waals surface area (Å²) in [5, 5.41) is 15.4. The van der Waals surface area contributed by atoms with Gasteiger partial charge in [-0.25, -0.2) is 22.9 Å². The van der Waals surface area contributed by atoms with Gasteiger partial charge in [-0.05, 0) is 42.8 Å². The number of carboxylic acids is 1. The van der Waals surface area contributed by atoms with Gasteiger partial charge in [0.05, 0.1) is 28.5 Å². The number of aryl methyl sites for hydroxylation is 1. The molecule has 0 aliphatic heterocycles. The van der Waals surface area contributed by atoms with E-state index in [1.54, 1.807) is 12.1 Å². The number of carboxylic acid groups (broad SMARTS) is 1. The summed E-state index contributed by atoms with van der Waals surface area (Å²) in [6, 6.07) is 8.33. The molecule has 2 aromatic heterocycles. The van der Waals surface area contributed by atoms with Gasteiger partial charge in [-0.15, -0.1) is 5.10 Å². The number of fused-ring (bicyclic) bond motifs is 3. The smallest absolute Gasteiger partial charge is 0.335 e. The molecule has 0 fully saturated rings. The van der Waals surface area contributed by atoms with Gasteiger partial charge in [-0.2, -0.15) is 4.98 Å². The highest BCUT2D eigenvalue weighted by atomic mass is 32.2. The molecule has 0 bridgehead atoms. The zero-order chi connectivity index (χ0) is 20.9. The van der Waals surface area contributed by atoms with Crippen LogP contribution in [0.25, 0.3) is 16.6 Å². The highest BCUT2D eigenvalue weighted by Gasteiger charge is 2.28. The number of benzene rings is 2. The first-order valence-corrected chi connectivity index (χ1v) is 9.76. The second-order valence-corrected chi connectivity index (χ2v) is 8.10. The average Bonchev–Trinajstić information content (AvgIpc) is 3.12. The van der Waals surface area contributed by atoms with Crippen molar-refractivity contribution in [3.63, 3.8) is 0 Å². The molecule has 11 heteroatoms. The van der Waals surface area contributed by atoms with E-state index < -0.39 is 26.4 Å². The summed E-state index contributed by atoms with van der Waals surface area (Å²) < 4.78 is 32.8. The van der Waals surface area contributed by atoms with Crippen LogP contribution in [0.5, 0.6) is 5.75 Å². The summed E-state index contributed by atoms with van der Waals surface area (Å²) in [5.41, 5.74) is -0.237. The lowest BCUT2D eigenvalue weighted by molar-refractivity contribution is 0.0696. The van der Waals surface area contributed by atoms with Gasteiger partial charge in [0.1, 0.15) is 5.75 Å². The third kappa shape index (κ3) is 2.83. The molecule has 0 amide bonds. The monoisotopic (exact) mass is 414 g/mol. The Morgan fingerprint density at radius 1 is 1.21 bits per heavy atom. The number of carbonyl (C=O) groups is 1. The third-order valence-corrected chi connectivity index (χ3v) is 6.32. The maximum absolute atomic E-state index is 13.2. The van der Waals surface area contributed by atoms with E-state index in [0.29, 0.717) is 11.3 Å². The lowest BCUT2D eigenvalue weighted by atomic mass is 10.1. The van der Waals surface area contributed by atoms with Crippen LogP contribution >= 0.6 is 0 Å². The number of sulfone groups is 1. The van der Waals surface area contributed by atoms with E-state index in [2.05, 4.69) is 15.3 Å². The van der Waals surface area contributed by atoms with Crippen LogP contribution in [0.1, 0.15) is 15.9 Å². The topological polar surface area (TPSA) is 144 Å². The molecule has 0 atom stereocenters. The fourth-order valence-corrected chi connectivity index (χ4v) is 4.56. The van der Waals surface area contributed by atoms with E-state index in [1.807, 2.05) is 0 Å². The number of H-pyrrole nitrogens is 1. The molecule has 148 valence electrons. The second kappa shape index (κ2) is 6.41. The van der Waals surface area contributed by atoms with Crippen molar-refractivity contribution in [2.75, 3.05) is 7.11 Å². The molecule has 29 heavy (non-hydrogen) atoms. The Labute approximate surface area is 163 Å². The zero-order valence-corrected chi connectivity index (χ0v) is 16.0. The molecule has 2 N–H and O–H groups in total. The van der Waals surface area contributed by atoms with Crippen LogP contribution in [0.4, 0.5) is 0 Å². The normalized spacial score (nSPS) is 11.8. The van der Waals surface area contributed by atoms with Crippen molar-refractivity contribution in [3.8, 4) is 5.75 Å². The van der Waals surface area contributed by atoms with Crippen molar-refractivity contribution < 1.29 is 23.1 Å². The minimum atomic E-state index is -4.19. The average molecular weight is 414 g/mol. The number of hydrogen-bond donors (Lipinski definition) is 2. The van der Waals surface area contributed by atoms with Crippen molar-refractivity contribution in [3.05, 3.63) is 57.9 Å². The first kappa shape index (κ1) is 18.6. The lowest BCUT2D eigenvalue weighted by Crippen LogP contribution is -2.12. The molecule has 4 rings (SSSR count). The molecule has 2 aromatic carbocycles. The van der Waals surface area contributed by atoms with Crippen LogP contribution in [-0.4, -0.2) is 46.4 Å². The van der Waals surface area contributed by atoms with Gasteiger partial charge in [0.15, 0.2) is 5.65 Å². The summed E-state index contributed by atoms with van der Waals surface area (Å²) in [6.07, 6.45) is 0. The van der Waals surface area contributed by atoms with Gasteiger partial charge >= 0.3 is 5.97 Å². The number of ether oxygens (including phenoxy) is 1. The van der Waals surface area contributed by atoms with Crippen molar-refractivity contribution in [2.45, 2.75) is 16.8 Å². The molecule has 0 aliphatic carbocycles. The first-order chi connectivity index (χ1) is 13.7. The molecule has 0 radical (unpaired) electrons. The number of nitrogens with zero attached hydrogens (tertiary/aromatic N) is 3. The third-order valence-electron chi connectivity index (χ3n) is 4.50. The van der Waals surface area contributed by atoms with Crippen molar-refractivity contribution in [2.24, 2.45) is 0 Å². The number of nitrogens with one attached hydrogen (secondary N) is 1. The summed E-state index contributed by atoms with van der Waals surface area (Å²) in [6.45, 7) is 1.48. The molecule has 0 aliphatic rings. The first-order valence-electron chi connectivity index (χ1n) is 8.28. The van der Waals surface area contributed by atoms with Gasteiger partial charge in [0.2, 0.25) is 14.9 Å². The summed E-state index contributed by atoms with van der Waals surface area (Å²) >= 11 is 0. The SMILES string of the molecule is COc1ccc2c(=O)nc3c(S(=O)(=O)c4ccc(C(=O)O)cc4C)n[nH]n3c2c1. The number of rotatable bonds is 4. The predicted molar refractivity (Wildman–Crippen MR) is 101 cm³/mol. The Bertz CT molecular complexity index is 1470. The van der Waals surface area contributed by atoms with Gasteiger partial charge in [0.25, 0.3) is 5.56 Å². The van der Waals surface area contributed by atoms with Crippen LogP contribution in [0.15, 0.2) is 51.1 Å². The van der Waals surface area contributed by atoms with E-state index in [-0.39, 0.29) is 27.1 Å². The van der Waals surface area contributed by atoms with Gasteiger partial charge in [-0.1, -0.05) is 0 Å². The van der Waals surface area contributed by atoms with E-state index >= 15 is 0 Å². The van der Waals surface area contributed by atoms with E-state index in [4.69, 9.17) is 9.84 Å². The van der Waals surface area contributed by atoms with Crippen LogP contribution in [0, 0.1) is 6.92 Å². The minimum Gasteiger partial charge on any atom is -0.497 e. The Morgan fingerprint density at radius 3 is 2.62 bits per heavy atom. The number of hydrogen-bond acceptors (Lipinski definition) is 7. The Hall–Kier alpha value is -3.73. The molecule has 10 nitrogen and oxygen atoms in total. The van der Waals surface area contributed by atoms with E-state index in [9.17, 15) is 18.0 Å². The Kier molecular flexibility index (Phi) is 4.12. The van der Waals surface area contributed by atoms with Crippen LogP contribution in [-0.2, 0) is 9.84 Å². The van der Waals surface area contributed by atoms with Crippen molar-refractivity contribution in [1.29, 1.82) is 0 Å². The second-order valence-electron chi connectivity index (χ2n) is 6.26. The Morgan fingerprint density at radius 2 is 1.97 bits per heavy atom. The van der Waals surface area contributed by atoms with Crippen LogP contribution < -0.4 is 10.3 Å². The largest absolute Gasteiger partial charge is 0.497 e. The molecule has 2 heterocycles. The molecular weight excluding hydrogens is 400 g/mol. The van der Waals surface area contributed by atoms with Crippen molar-refractivity contribution in [1.82, 2.24) is 19.8 Å². The maximum Gasteiger partial charge on any atom is 0.335 e. The fourth-order valence-electron chi connectivity index (χ4n) is 3.08. The summed E-state index contributed by atoms with van der Waals surface area (Å²) in [4.78, 5) is 27.3. The van der Waals surface area contributed by atoms with E-state index in [0.717, 1.165) is 0 Å². The highest BCUT2D eigenvalue weighted by Crippen LogP contribution is 2.27. The molecule has 0 saturated heterocycles. The van der Waals surface area contributed by atoms with Gasteiger partial charge < -0.3 is 9.84 Å². The maximum atomic E-state index is 13.2. The molecule has 4 aromatic rings. The molecule has 0 unspecified atom stereocenters. The number of aromatic carboxylic acids is 1. The quantitative estimate of drug-likeness (QED) is 0.510. The highest BCUT2D eigenvalue weighted by molar-refractivity contribution is 7.91. The standard InChI is InChI=1S/C18H14N4O6S/c1-9-7-10(18(24)25)3-6-14(9)29(26,27)17-15-19-16(23)12-5-4-11(28-2)8-13(12)22(15)21-20-17/h3-8,21H,1-2H3,(H,24,25). The zero-order valence-electron chi connectivity index (χ0n) is 15.2. The number of aromatic nitrogens is 4. The number of aromatic amines is 1. The van der Waals surface area contributed by atoms with Gasteiger partial charge in [-0.3, -0.25) is 4.79 Å². The molecular formula is C18H14N4O6S. The molecule has 0 spiro atoms. The Balaban J connectivity index is 1.99. The van der Waals surface area contributed by atoms with Crippen LogP contribution in [0.3, 0.4) is 0 Å². The fraction of sp³-hybridized carbons (Fsp3) is 0.111. The number of methoxy groups -OCH3 is 1. The minimum absolute atomic E-state index is 0.0410. The summed E-state index contributed by atoms with van der Waals surface area (Å²) in [5.74, 6) is -0.702. The van der Waals surface area contributed by atoms with Gasteiger partial charge in [0, 0.05) is 6.07 Å². The van der Waals surface area contributed by atoms with E-state index in [1.165, 1.54) is 42.8 Å². The summed E-state index contributed by atoms with van der Waals surface area (Å²) in [7, 11) is -2.72. The van der Waals surface area contributed by atoms with Crippen LogP contribution in [0.2, 0.25) is 0 Å². The lowest BCUT2D eigenvalue weighted by Gasteiger charge is -2.07. The van der Waals surface area contributed by atoms with Crippen molar-refractivity contribution >= 4 is 32.4 Å². The predicted octanol–water partition coefficient (Wildman–Crippen LogP) is 1.42.